The monoisotopic (exact) mass is 447 g/mol. The quantitative estimate of drug-likeness (QED) is 0.487. The fraction of sp³-hybridized carbons (Fsp3) is 0.417. The van der Waals surface area contributed by atoms with E-state index in [1.54, 1.807) is 19.5 Å². The first-order valence-corrected chi connectivity index (χ1v) is 11.5. The van der Waals surface area contributed by atoms with Gasteiger partial charge in [-0.2, -0.15) is 0 Å². The number of nitrogens with zero attached hydrogens (tertiary/aromatic N) is 6. The second-order valence-corrected chi connectivity index (χ2v) is 8.49. The molecule has 5 heterocycles. The number of rotatable bonds is 6. The van der Waals surface area contributed by atoms with Crippen molar-refractivity contribution in [3.05, 3.63) is 42.2 Å². The van der Waals surface area contributed by atoms with E-state index >= 15 is 0 Å². The van der Waals surface area contributed by atoms with E-state index in [0.29, 0.717) is 30.8 Å². The fourth-order valence-corrected chi connectivity index (χ4v) is 4.69. The van der Waals surface area contributed by atoms with E-state index in [4.69, 9.17) is 15.5 Å². The number of piperidine rings is 1. The molecule has 0 aliphatic carbocycles. The summed E-state index contributed by atoms with van der Waals surface area (Å²) in [4.78, 5) is 29.1. The maximum Gasteiger partial charge on any atom is 0.255 e. The lowest BCUT2D eigenvalue weighted by Gasteiger charge is -2.30. The lowest BCUT2D eigenvalue weighted by atomic mass is 10.1. The van der Waals surface area contributed by atoms with Gasteiger partial charge in [0.2, 0.25) is 0 Å². The van der Waals surface area contributed by atoms with Gasteiger partial charge in [-0.15, -0.1) is 0 Å². The number of aryl methyl sites for hydroxylation is 1. The minimum Gasteiger partial charge on any atom is -0.383 e. The first-order valence-electron chi connectivity index (χ1n) is 11.5. The van der Waals surface area contributed by atoms with Crippen LogP contribution in [0, 0.1) is 0 Å². The number of likely N-dealkylation sites (tertiary alicyclic amines) is 1. The van der Waals surface area contributed by atoms with Gasteiger partial charge in [-0.1, -0.05) is 0 Å². The van der Waals surface area contributed by atoms with Gasteiger partial charge in [0.15, 0.2) is 11.5 Å². The van der Waals surface area contributed by atoms with Crippen LogP contribution in [0.1, 0.15) is 30.1 Å². The molecule has 1 fully saturated rings. The lowest BCUT2D eigenvalue weighted by Crippen LogP contribution is -2.45. The smallest absolute Gasteiger partial charge is 0.255 e. The van der Waals surface area contributed by atoms with E-state index in [2.05, 4.69) is 38.2 Å². The molecule has 1 saturated heterocycles. The van der Waals surface area contributed by atoms with Crippen molar-refractivity contribution in [2.24, 2.45) is 5.73 Å². The Bertz CT molecular complexity index is 1310. The predicted molar refractivity (Wildman–Crippen MR) is 127 cm³/mol. The third-order valence-corrected chi connectivity index (χ3v) is 6.30. The summed E-state index contributed by atoms with van der Waals surface area (Å²) in [5.41, 5.74) is 9.93. The molecule has 0 bridgehead atoms. The zero-order valence-electron chi connectivity index (χ0n) is 19.1. The van der Waals surface area contributed by atoms with Crippen LogP contribution in [0.4, 0.5) is 0 Å². The van der Waals surface area contributed by atoms with E-state index in [0.717, 1.165) is 54.1 Å². The zero-order chi connectivity index (χ0) is 22.9. The molecule has 1 atom stereocenters. The molecule has 0 unspecified atom stereocenters. The Hall–Kier alpha value is -3.30. The molecule has 1 aliphatic heterocycles. The van der Waals surface area contributed by atoms with Crippen molar-refractivity contribution in [2.75, 3.05) is 26.8 Å². The summed E-state index contributed by atoms with van der Waals surface area (Å²) in [6.45, 7) is 5.28. The number of amides is 1. The Morgan fingerprint density at radius 3 is 2.91 bits per heavy atom. The van der Waals surface area contributed by atoms with Crippen molar-refractivity contribution >= 4 is 28.1 Å². The average Bonchev–Trinajstić information content (AvgIpc) is 3.39. The highest BCUT2D eigenvalue weighted by atomic mass is 16.5. The number of hydrogen-bond acceptors (Lipinski definition) is 6. The maximum atomic E-state index is 13.1. The number of pyridine rings is 2. The van der Waals surface area contributed by atoms with Crippen LogP contribution in [0.2, 0.25) is 0 Å². The Morgan fingerprint density at radius 1 is 1.24 bits per heavy atom. The number of carbonyl (C=O) groups excluding carboxylic acids is 1. The number of carbonyl (C=O) groups is 1. The number of methoxy groups -OCH3 is 1. The second kappa shape index (κ2) is 8.92. The average molecular weight is 448 g/mol. The van der Waals surface area contributed by atoms with Crippen LogP contribution in [0.25, 0.3) is 33.7 Å². The summed E-state index contributed by atoms with van der Waals surface area (Å²) in [5.74, 6) is 0.749. The third-order valence-electron chi connectivity index (χ3n) is 6.30. The number of aromatic nitrogens is 5. The Morgan fingerprint density at radius 2 is 2.12 bits per heavy atom. The SMILES string of the molecule is CCn1c(-c2nc3cc(C(=O)N4CCC[C@@H](N)C4)cnc3n2CCOC)cc2cccnc21. The van der Waals surface area contributed by atoms with Crippen LogP contribution in [-0.2, 0) is 17.8 Å². The summed E-state index contributed by atoms with van der Waals surface area (Å²) in [5, 5.41) is 1.06. The number of nitrogens with two attached hydrogens (primary N) is 1. The number of ether oxygens (including phenoxy) is 1. The van der Waals surface area contributed by atoms with E-state index in [1.165, 1.54) is 0 Å². The van der Waals surface area contributed by atoms with Gasteiger partial charge in [-0.3, -0.25) is 4.79 Å². The van der Waals surface area contributed by atoms with Gasteiger partial charge in [0.05, 0.1) is 17.9 Å². The van der Waals surface area contributed by atoms with Gasteiger partial charge in [-0.05, 0) is 44.0 Å². The van der Waals surface area contributed by atoms with Crippen molar-refractivity contribution in [2.45, 2.75) is 38.9 Å². The van der Waals surface area contributed by atoms with E-state index in [1.807, 2.05) is 17.0 Å². The summed E-state index contributed by atoms with van der Waals surface area (Å²) in [6.07, 6.45) is 5.33. The van der Waals surface area contributed by atoms with Crippen LogP contribution < -0.4 is 5.73 Å². The highest BCUT2D eigenvalue weighted by Crippen LogP contribution is 2.29. The molecule has 5 rings (SSSR count). The van der Waals surface area contributed by atoms with Gasteiger partial charge >= 0.3 is 0 Å². The summed E-state index contributed by atoms with van der Waals surface area (Å²) < 4.78 is 9.57. The molecule has 0 spiro atoms. The molecular weight excluding hydrogens is 418 g/mol. The number of hydrogen-bond donors (Lipinski definition) is 1. The lowest BCUT2D eigenvalue weighted by molar-refractivity contribution is 0.0708. The Balaban J connectivity index is 1.61. The largest absolute Gasteiger partial charge is 0.383 e. The first-order chi connectivity index (χ1) is 16.1. The van der Waals surface area contributed by atoms with E-state index in [-0.39, 0.29) is 11.9 Å². The van der Waals surface area contributed by atoms with Crippen LogP contribution in [0.15, 0.2) is 36.7 Å². The highest BCUT2D eigenvalue weighted by molar-refractivity contribution is 5.97. The van der Waals surface area contributed by atoms with Crippen molar-refractivity contribution in [1.82, 2.24) is 29.0 Å². The Kier molecular flexibility index (Phi) is 5.82. The molecule has 4 aromatic rings. The van der Waals surface area contributed by atoms with Crippen molar-refractivity contribution in [3.63, 3.8) is 0 Å². The fourth-order valence-electron chi connectivity index (χ4n) is 4.69. The van der Waals surface area contributed by atoms with Gasteiger partial charge in [-0.25, -0.2) is 15.0 Å². The molecule has 0 radical (unpaired) electrons. The molecule has 9 nitrogen and oxygen atoms in total. The highest BCUT2D eigenvalue weighted by Gasteiger charge is 2.24. The Labute approximate surface area is 192 Å². The molecule has 1 amide bonds. The summed E-state index contributed by atoms with van der Waals surface area (Å²) in [7, 11) is 1.68. The topological polar surface area (TPSA) is 104 Å². The zero-order valence-corrected chi connectivity index (χ0v) is 19.1. The van der Waals surface area contributed by atoms with E-state index in [9.17, 15) is 4.79 Å². The van der Waals surface area contributed by atoms with Crippen LogP contribution in [-0.4, -0.2) is 67.7 Å². The molecule has 9 heteroatoms. The minimum atomic E-state index is -0.0422. The molecule has 1 aliphatic rings. The van der Waals surface area contributed by atoms with Crippen LogP contribution in [0.3, 0.4) is 0 Å². The van der Waals surface area contributed by atoms with Gasteiger partial charge in [0, 0.05) is 57.1 Å². The second-order valence-electron chi connectivity index (χ2n) is 8.49. The maximum absolute atomic E-state index is 13.1. The standard InChI is InChI=1S/C24H29N7O2/c1-3-30-20(13-16-6-4-8-26-21(16)30)23-28-19-12-17(14-27-22(19)31(23)10-11-33-2)24(32)29-9-5-7-18(25)15-29/h4,6,8,12-14,18H,3,5,7,9-11,15,25H2,1-2H3/t18-/m1/s1. The molecule has 172 valence electrons. The van der Waals surface area contributed by atoms with Gasteiger partial charge in [0.25, 0.3) is 5.91 Å². The van der Waals surface area contributed by atoms with Crippen molar-refractivity contribution in [3.8, 4) is 11.5 Å². The van der Waals surface area contributed by atoms with Crippen LogP contribution in [0.5, 0.6) is 0 Å². The van der Waals surface area contributed by atoms with Crippen LogP contribution >= 0.6 is 0 Å². The van der Waals surface area contributed by atoms with E-state index < -0.39 is 0 Å². The first kappa shape index (κ1) is 21.5. The molecule has 4 aromatic heterocycles. The molecule has 0 aromatic carbocycles. The van der Waals surface area contributed by atoms with Crippen molar-refractivity contribution < 1.29 is 9.53 Å². The minimum absolute atomic E-state index is 0.0313. The molecular formula is C24H29N7O2. The number of fused-ring (bicyclic) bond motifs is 2. The van der Waals surface area contributed by atoms with Crippen molar-refractivity contribution in [1.29, 1.82) is 0 Å². The van der Waals surface area contributed by atoms with Gasteiger partial charge in [0.1, 0.15) is 11.2 Å². The number of imidazole rings is 1. The predicted octanol–water partition coefficient (Wildman–Crippen LogP) is 2.68. The van der Waals surface area contributed by atoms with Gasteiger partial charge < -0.3 is 24.5 Å². The summed E-state index contributed by atoms with van der Waals surface area (Å²) >= 11 is 0. The normalized spacial score (nSPS) is 16.7. The summed E-state index contributed by atoms with van der Waals surface area (Å²) in [6, 6.07) is 7.97. The molecule has 2 N–H and O–H groups in total. The third kappa shape index (κ3) is 3.87. The molecule has 0 saturated carbocycles. The molecule has 33 heavy (non-hydrogen) atoms.